The fourth-order valence-corrected chi connectivity index (χ4v) is 4.19. The van der Waals surface area contributed by atoms with Gasteiger partial charge in [-0.1, -0.05) is 6.92 Å². The molecule has 0 N–H and O–H groups in total. The van der Waals surface area contributed by atoms with Gasteiger partial charge in [0, 0.05) is 18.1 Å². The molecule has 0 aromatic heterocycles. The molecule has 1 heterocycles. The molecule has 7 heteroatoms. The number of ether oxygens (including phenoxy) is 1. The van der Waals surface area contributed by atoms with Crippen molar-refractivity contribution in [3.63, 3.8) is 0 Å². The normalized spacial score (nSPS) is 26.8. The van der Waals surface area contributed by atoms with E-state index >= 15 is 0 Å². The highest BCUT2D eigenvalue weighted by Crippen LogP contribution is 2.46. The van der Waals surface area contributed by atoms with E-state index in [0.29, 0.717) is 37.8 Å². The molecule has 1 fully saturated rings. The Morgan fingerprint density at radius 2 is 1.95 bits per heavy atom. The van der Waals surface area contributed by atoms with Gasteiger partial charge in [0.25, 0.3) is 8.53 Å². The largest absolute Gasteiger partial charge is 0.382 e. The van der Waals surface area contributed by atoms with Crippen LogP contribution in [0.15, 0.2) is 0 Å². The molecule has 0 aromatic carbocycles. The third-order valence-electron chi connectivity index (χ3n) is 3.59. The van der Waals surface area contributed by atoms with Crippen molar-refractivity contribution < 1.29 is 13.8 Å². The minimum absolute atomic E-state index is 0.0191. The Labute approximate surface area is 137 Å². The molecule has 1 aliphatic rings. The van der Waals surface area contributed by atoms with Crippen LogP contribution in [0.3, 0.4) is 0 Å². The Morgan fingerprint density at radius 1 is 1.32 bits per heavy atom. The van der Waals surface area contributed by atoms with Gasteiger partial charge in [0.05, 0.1) is 12.7 Å². The predicted molar refractivity (Wildman–Crippen MR) is 90.6 cm³/mol. The number of hydrogen-bond acceptors (Lipinski definition) is 4. The van der Waals surface area contributed by atoms with E-state index in [1.54, 1.807) is 0 Å². The summed E-state index contributed by atoms with van der Waals surface area (Å²) in [6.07, 6.45) is 0.883. The summed E-state index contributed by atoms with van der Waals surface area (Å²) in [6, 6.07) is 0.426. The molecular formula is C15H28BN2O3P. The van der Waals surface area contributed by atoms with E-state index < -0.39 is 8.53 Å². The van der Waals surface area contributed by atoms with Crippen LogP contribution in [-0.2, 0) is 13.8 Å². The van der Waals surface area contributed by atoms with E-state index in [1.165, 1.54) is 0 Å². The molecule has 0 aromatic rings. The summed E-state index contributed by atoms with van der Waals surface area (Å²) < 4.78 is 19.8. The lowest BCUT2D eigenvalue weighted by molar-refractivity contribution is 0.0305. The summed E-state index contributed by atoms with van der Waals surface area (Å²) >= 11 is 0. The lowest BCUT2D eigenvalue weighted by Crippen LogP contribution is -2.34. The molecule has 5 nitrogen and oxygen atoms in total. The molecule has 1 aliphatic heterocycles. The first kappa shape index (κ1) is 19.9. The van der Waals surface area contributed by atoms with Crippen LogP contribution in [0.5, 0.6) is 0 Å². The Kier molecular flexibility index (Phi) is 8.90. The molecule has 0 spiro atoms. The van der Waals surface area contributed by atoms with Crippen molar-refractivity contribution in [3.8, 4) is 0 Å². The van der Waals surface area contributed by atoms with E-state index in [9.17, 15) is 0 Å². The summed E-state index contributed by atoms with van der Waals surface area (Å²) in [4.78, 5) is 3.34. The molecule has 2 unspecified atom stereocenters. The Hall–Kier alpha value is -0.175. The summed E-state index contributed by atoms with van der Waals surface area (Å²) in [5.41, 5.74) is 0. The third-order valence-corrected chi connectivity index (χ3v) is 5.66. The smallest absolute Gasteiger partial charge is 0.259 e. The standard InChI is InChI=1S/C15H28BN2O3P/c1-11(2)18(12(3)4)22(19-8-7-17-6)20-10-14-13(5)9-15(16)21-14/h11-15H,7-10H2,1-5H3/t13?,14-,15-,22?/m1/s1. The minimum Gasteiger partial charge on any atom is -0.382 e. The molecule has 22 heavy (non-hydrogen) atoms. The zero-order valence-electron chi connectivity index (χ0n) is 14.4. The van der Waals surface area contributed by atoms with E-state index in [4.69, 9.17) is 28.2 Å². The second-order valence-corrected chi connectivity index (χ2v) is 7.70. The van der Waals surface area contributed by atoms with E-state index in [2.05, 4.69) is 44.1 Å². The lowest BCUT2D eigenvalue weighted by atomic mass is 9.92. The summed E-state index contributed by atoms with van der Waals surface area (Å²) in [5, 5.41) is 0. The van der Waals surface area contributed by atoms with Crippen molar-refractivity contribution in [2.75, 3.05) is 19.8 Å². The molecule has 0 bridgehead atoms. The highest BCUT2D eigenvalue weighted by atomic mass is 31.2. The van der Waals surface area contributed by atoms with Gasteiger partial charge in [0.2, 0.25) is 6.54 Å². The third kappa shape index (κ3) is 6.14. The first-order valence-electron chi connectivity index (χ1n) is 7.95. The second-order valence-electron chi connectivity index (χ2n) is 6.24. The maximum atomic E-state index is 6.87. The maximum absolute atomic E-state index is 6.87. The van der Waals surface area contributed by atoms with Gasteiger partial charge >= 0.3 is 0 Å². The first-order valence-corrected chi connectivity index (χ1v) is 9.08. The zero-order valence-corrected chi connectivity index (χ0v) is 15.3. The van der Waals surface area contributed by atoms with Gasteiger partial charge in [0.15, 0.2) is 0 Å². The Morgan fingerprint density at radius 3 is 2.41 bits per heavy atom. The van der Waals surface area contributed by atoms with Crippen LogP contribution >= 0.6 is 8.53 Å². The van der Waals surface area contributed by atoms with Crippen molar-refractivity contribution in [2.24, 2.45) is 5.92 Å². The van der Waals surface area contributed by atoms with Crippen LogP contribution in [0, 0.1) is 12.5 Å². The van der Waals surface area contributed by atoms with E-state index in [1.807, 2.05) is 0 Å². The lowest BCUT2D eigenvalue weighted by Gasteiger charge is -2.36. The van der Waals surface area contributed by atoms with Crippen LogP contribution in [0.2, 0.25) is 0 Å². The van der Waals surface area contributed by atoms with Gasteiger partial charge in [-0.15, -0.1) is 0 Å². The fraction of sp³-hybridized carbons (Fsp3) is 0.933. The van der Waals surface area contributed by atoms with Crippen molar-refractivity contribution in [1.82, 2.24) is 4.67 Å². The molecule has 124 valence electrons. The summed E-state index contributed by atoms with van der Waals surface area (Å²) in [5.74, 6) is 0.390. The van der Waals surface area contributed by atoms with Crippen LogP contribution in [0.4, 0.5) is 0 Å². The van der Waals surface area contributed by atoms with E-state index in [-0.39, 0.29) is 12.1 Å². The van der Waals surface area contributed by atoms with Gasteiger partial charge in [0.1, 0.15) is 14.5 Å². The monoisotopic (exact) mass is 326 g/mol. The maximum Gasteiger partial charge on any atom is 0.259 e. The SMILES string of the molecule is [B][C@H]1CC(C)[C@@H](COP(OCC[N+]#[C-])N(C(C)C)C(C)C)O1. The van der Waals surface area contributed by atoms with Crippen molar-refractivity contribution >= 4 is 16.4 Å². The van der Waals surface area contributed by atoms with Crippen LogP contribution in [-0.4, -0.2) is 56.5 Å². The predicted octanol–water partition coefficient (Wildman–Crippen LogP) is 3.20. The Balaban J connectivity index is 2.62. The van der Waals surface area contributed by atoms with Crippen molar-refractivity contribution in [1.29, 1.82) is 0 Å². The molecule has 0 saturated carbocycles. The average Bonchev–Trinajstić information content (AvgIpc) is 2.73. The van der Waals surface area contributed by atoms with Gasteiger partial charge in [-0.25, -0.2) is 11.2 Å². The minimum atomic E-state index is -1.19. The van der Waals surface area contributed by atoms with Gasteiger partial charge < -0.3 is 18.6 Å². The molecular weight excluding hydrogens is 298 g/mol. The number of hydrogen-bond donors (Lipinski definition) is 0. The van der Waals surface area contributed by atoms with Gasteiger partial charge in [-0.05, 0) is 40.0 Å². The highest BCUT2D eigenvalue weighted by molar-refractivity contribution is 7.44. The summed E-state index contributed by atoms with van der Waals surface area (Å²) in [7, 11) is 4.63. The van der Waals surface area contributed by atoms with Crippen molar-refractivity contribution in [3.05, 3.63) is 11.4 Å². The van der Waals surface area contributed by atoms with Crippen LogP contribution < -0.4 is 0 Å². The zero-order chi connectivity index (χ0) is 16.7. The highest BCUT2D eigenvalue weighted by Gasteiger charge is 2.33. The topological polar surface area (TPSA) is 35.3 Å². The molecule has 4 atom stereocenters. The number of nitrogens with zero attached hydrogens (tertiary/aromatic N) is 2. The molecule has 0 aliphatic carbocycles. The quantitative estimate of drug-likeness (QED) is 0.282. The van der Waals surface area contributed by atoms with E-state index in [0.717, 1.165) is 6.42 Å². The van der Waals surface area contributed by atoms with Gasteiger partial charge in [-0.3, -0.25) is 0 Å². The molecule has 1 rings (SSSR count). The average molecular weight is 326 g/mol. The second kappa shape index (κ2) is 9.85. The Bertz CT molecular complexity index is 357. The van der Waals surface area contributed by atoms with Crippen LogP contribution in [0.25, 0.3) is 4.85 Å². The van der Waals surface area contributed by atoms with Crippen LogP contribution in [0.1, 0.15) is 41.0 Å². The first-order chi connectivity index (χ1) is 10.4. The number of rotatable bonds is 9. The molecule has 0 amide bonds. The fourth-order valence-electron chi connectivity index (χ4n) is 2.58. The van der Waals surface area contributed by atoms with Gasteiger partial charge in [-0.2, -0.15) is 0 Å². The van der Waals surface area contributed by atoms with Crippen molar-refractivity contribution in [2.45, 2.75) is 65.2 Å². The molecule has 2 radical (unpaired) electrons. The molecule has 1 saturated heterocycles. The summed E-state index contributed by atoms with van der Waals surface area (Å²) in [6.45, 7) is 18.7.